The molecule has 16 heavy (non-hydrogen) atoms. The van der Waals surface area contributed by atoms with Gasteiger partial charge in [0.1, 0.15) is 0 Å². The Morgan fingerprint density at radius 2 is 1.62 bits per heavy atom. The first kappa shape index (κ1) is 10.9. The minimum atomic E-state index is 1.07. The van der Waals surface area contributed by atoms with Crippen LogP contribution < -0.4 is 0 Å². The van der Waals surface area contributed by atoms with E-state index in [2.05, 4.69) is 48.6 Å². The number of allylic oxidation sites excluding steroid dienone is 4. The van der Waals surface area contributed by atoms with Crippen molar-refractivity contribution in [2.24, 2.45) is 0 Å². The number of hydrogen-bond donors (Lipinski definition) is 0. The molecule has 1 aromatic rings. The quantitative estimate of drug-likeness (QED) is 0.569. The van der Waals surface area contributed by atoms with Gasteiger partial charge in [-0.1, -0.05) is 62.4 Å². The zero-order chi connectivity index (χ0) is 11.4. The number of rotatable bonds is 0. The molecule has 0 atom stereocenters. The van der Waals surface area contributed by atoms with Crippen LogP contribution in [0.2, 0.25) is 0 Å². The summed E-state index contributed by atoms with van der Waals surface area (Å²) in [4.78, 5) is 0. The van der Waals surface area contributed by atoms with Gasteiger partial charge in [-0.3, -0.25) is 0 Å². The average Bonchev–Trinajstić information content (AvgIpc) is 2.57. The predicted octanol–water partition coefficient (Wildman–Crippen LogP) is 4.93. The zero-order valence-corrected chi connectivity index (χ0v) is 10.0. The fourth-order valence-corrected chi connectivity index (χ4v) is 2.24. The lowest BCUT2D eigenvalue weighted by Gasteiger charge is -2.15. The van der Waals surface area contributed by atoms with Crippen LogP contribution in [-0.4, -0.2) is 0 Å². The first-order valence-corrected chi connectivity index (χ1v) is 6.11. The van der Waals surface area contributed by atoms with Gasteiger partial charge in [-0.2, -0.15) is 0 Å². The maximum Gasteiger partial charge on any atom is -0.00795 e. The van der Waals surface area contributed by atoms with Crippen LogP contribution in [-0.2, 0) is 0 Å². The molecule has 0 aromatic heterocycles. The molecule has 2 aliphatic rings. The molecule has 0 saturated heterocycles. The molecule has 0 radical (unpaired) electrons. The van der Waals surface area contributed by atoms with Crippen molar-refractivity contribution in [3.8, 4) is 0 Å². The molecule has 2 aliphatic carbocycles. The van der Waals surface area contributed by atoms with Crippen molar-refractivity contribution in [3.63, 3.8) is 0 Å². The Bertz CT molecular complexity index is 459. The molecule has 0 amide bonds. The summed E-state index contributed by atoms with van der Waals surface area (Å²) in [5, 5.41) is 0. The first-order chi connectivity index (χ1) is 7.95. The molecule has 3 rings (SSSR count). The molecule has 0 heterocycles. The minimum absolute atomic E-state index is 1.07. The largest absolute Gasteiger partial charge is 0.0801 e. The summed E-state index contributed by atoms with van der Waals surface area (Å²) in [7, 11) is 0. The summed E-state index contributed by atoms with van der Waals surface area (Å²) in [6.45, 7) is 4.00. The van der Waals surface area contributed by atoms with E-state index in [0.29, 0.717) is 0 Å². The van der Waals surface area contributed by atoms with Gasteiger partial charge in [0.15, 0.2) is 0 Å². The van der Waals surface area contributed by atoms with E-state index in [1.54, 1.807) is 0 Å². The van der Waals surface area contributed by atoms with Crippen LogP contribution in [0, 0.1) is 0 Å². The fourth-order valence-electron chi connectivity index (χ4n) is 2.24. The van der Waals surface area contributed by atoms with Crippen LogP contribution in [0.15, 0.2) is 36.4 Å². The highest BCUT2D eigenvalue weighted by Crippen LogP contribution is 2.34. The maximum absolute atomic E-state index is 2.34. The van der Waals surface area contributed by atoms with Crippen LogP contribution >= 0.6 is 0 Å². The Labute approximate surface area is 98.0 Å². The maximum atomic E-state index is 2.34. The molecule has 0 heteroatoms. The SMILES string of the molecule is C1=Cc2cccc3c2C(=CC1)CC=C3.CC. The van der Waals surface area contributed by atoms with E-state index in [1.165, 1.54) is 22.3 Å². The van der Waals surface area contributed by atoms with Crippen LogP contribution in [0.3, 0.4) is 0 Å². The predicted molar refractivity (Wildman–Crippen MR) is 73.1 cm³/mol. The lowest BCUT2D eigenvalue weighted by atomic mass is 9.89. The molecular formula is C16H18. The van der Waals surface area contributed by atoms with E-state index in [0.717, 1.165) is 12.8 Å². The molecule has 0 nitrogen and oxygen atoms in total. The Kier molecular flexibility index (Phi) is 3.40. The molecule has 0 bridgehead atoms. The standard InChI is InChI=1S/C14H12.C2H6/c1-2-6-12-8-4-10-13-9-3-7-11(5-1)14(12)13;1-2/h1,3-7,9-10H,2,8H2;1-2H3. The van der Waals surface area contributed by atoms with Crippen LogP contribution in [0.4, 0.5) is 0 Å². The van der Waals surface area contributed by atoms with Crippen molar-refractivity contribution in [2.75, 3.05) is 0 Å². The van der Waals surface area contributed by atoms with Gasteiger partial charge in [0.05, 0.1) is 0 Å². The molecular weight excluding hydrogens is 192 g/mol. The summed E-state index contributed by atoms with van der Waals surface area (Å²) < 4.78 is 0. The van der Waals surface area contributed by atoms with E-state index in [9.17, 15) is 0 Å². The minimum Gasteiger partial charge on any atom is -0.0801 e. The Hall–Kier alpha value is -1.56. The van der Waals surface area contributed by atoms with Crippen LogP contribution in [0.25, 0.3) is 17.7 Å². The van der Waals surface area contributed by atoms with Gasteiger partial charge in [-0.25, -0.2) is 0 Å². The van der Waals surface area contributed by atoms with Gasteiger partial charge < -0.3 is 0 Å². The highest BCUT2D eigenvalue weighted by atomic mass is 14.2. The van der Waals surface area contributed by atoms with Gasteiger partial charge in [0.25, 0.3) is 0 Å². The summed E-state index contributed by atoms with van der Waals surface area (Å²) in [5.74, 6) is 0. The molecule has 0 aliphatic heterocycles. The Balaban J connectivity index is 0.000000457. The topological polar surface area (TPSA) is 0 Å². The van der Waals surface area contributed by atoms with Gasteiger partial charge in [-0.05, 0) is 35.1 Å². The second kappa shape index (κ2) is 4.98. The van der Waals surface area contributed by atoms with E-state index in [1.807, 2.05) is 13.8 Å². The normalized spacial score (nSPS) is 15.5. The van der Waals surface area contributed by atoms with Crippen molar-refractivity contribution in [3.05, 3.63) is 53.1 Å². The fraction of sp³-hybridized carbons (Fsp3) is 0.250. The number of hydrogen-bond acceptors (Lipinski definition) is 0. The van der Waals surface area contributed by atoms with Crippen molar-refractivity contribution in [2.45, 2.75) is 26.7 Å². The summed E-state index contributed by atoms with van der Waals surface area (Å²) in [6, 6.07) is 6.53. The monoisotopic (exact) mass is 210 g/mol. The summed E-state index contributed by atoms with van der Waals surface area (Å²) >= 11 is 0. The third-order valence-electron chi connectivity index (χ3n) is 2.88. The molecule has 0 unspecified atom stereocenters. The van der Waals surface area contributed by atoms with E-state index < -0.39 is 0 Å². The summed E-state index contributed by atoms with van der Waals surface area (Å²) in [6.07, 6.45) is 13.5. The second-order valence-electron chi connectivity index (χ2n) is 3.79. The first-order valence-electron chi connectivity index (χ1n) is 6.11. The molecule has 1 aromatic carbocycles. The van der Waals surface area contributed by atoms with Crippen molar-refractivity contribution >= 4 is 17.7 Å². The smallest absolute Gasteiger partial charge is 0.00795 e. The highest BCUT2D eigenvalue weighted by Gasteiger charge is 2.13. The third kappa shape index (κ3) is 1.88. The summed E-state index contributed by atoms with van der Waals surface area (Å²) in [5.41, 5.74) is 5.68. The zero-order valence-electron chi connectivity index (χ0n) is 10.0. The molecule has 82 valence electrons. The molecule has 0 saturated carbocycles. The van der Waals surface area contributed by atoms with Crippen LogP contribution in [0.5, 0.6) is 0 Å². The number of benzene rings is 1. The lowest BCUT2D eigenvalue weighted by molar-refractivity contribution is 1.32. The Morgan fingerprint density at radius 3 is 2.38 bits per heavy atom. The van der Waals surface area contributed by atoms with Crippen molar-refractivity contribution in [1.82, 2.24) is 0 Å². The third-order valence-corrected chi connectivity index (χ3v) is 2.88. The van der Waals surface area contributed by atoms with E-state index in [-0.39, 0.29) is 0 Å². The van der Waals surface area contributed by atoms with Crippen LogP contribution in [0.1, 0.15) is 43.4 Å². The molecule has 0 spiro atoms. The van der Waals surface area contributed by atoms with Crippen molar-refractivity contribution in [1.29, 1.82) is 0 Å². The second-order valence-corrected chi connectivity index (χ2v) is 3.79. The average molecular weight is 210 g/mol. The van der Waals surface area contributed by atoms with Gasteiger partial charge in [0, 0.05) is 0 Å². The van der Waals surface area contributed by atoms with E-state index in [4.69, 9.17) is 0 Å². The molecule has 0 fully saturated rings. The lowest BCUT2D eigenvalue weighted by Crippen LogP contribution is -1.95. The van der Waals surface area contributed by atoms with E-state index >= 15 is 0 Å². The van der Waals surface area contributed by atoms with Gasteiger partial charge in [0.2, 0.25) is 0 Å². The van der Waals surface area contributed by atoms with Gasteiger partial charge >= 0.3 is 0 Å². The van der Waals surface area contributed by atoms with Crippen molar-refractivity contribution < 1.29 is 0 Å². The highest BCUT2D eigenvalue weighted by molar-refractivity contribution is 5.85. The van der Waals surface area contributed by atoms with Gasteiger partial charge in [-0.15, -0.1) is 0 Å². The molecule has 0 N–H and O–H groups in total. The Morgan fingerprint density at radius 1 is 0.938 bits per heavy atom.